The molecule has 0 aromatic rings. The number of hydrogen-bond acceptors (Lipinski definition) is 3. The Morgan fingerprint density at radius 2 is 2.06 bits per heavy atom. The fourth-order valence-corrected chi connectivity index (χ4v) is 2.62. The molecule has 2 aliphatic heterocycles. The zero-order valence-electron chi connectivity index (χ0n) is 9.45. The Labute approximate surface area is 95.3 Å². The lowest BCUT2D eigenvalue weighted by atomic mass is 9.98. The largest absolute Gasteiger partial charge is 0.368 e. The van der Waals surface area contributed by atoms with Crippen LogP contribution < -0.4 is 11.1 Å². The molecule has 5 nitrogen and oxygen atoms in total. The summed E-state index contributed by atoms with van der Waals surface area (Å²) in [4.78, 5) is 25.1. The smallest absolute Gasteiger partial charge is 0.240 e. The Hall–Kier alpha value is -1.10. The van der Waals surface area contributed by atoms with Crippen LogP contribution in [0.2, 0.25) is 0 Å². The maximum absolute atomic E-state index is 12.2. The molecule has 3 N–H and O–H groups in total. The first-order chi connectivity index (χ1) is 7.70. The predicted molar refractivity (Wildman–Crippen MR) is 59.5 cm³/mol. The van der Waals surface area contributed by atoms with Gasteiger partial charge in [0.2, 0.25) is 11.8 Å². The number of hydrogen-bond donors (Lipinski definition) is 2. The molecule has 90 valence electrons. The first-order valence-electron chi connectivity index (χ1n) is 6.00. The number of amides is 2. The number of primary amides is 1. The van der Waals surface area contributed by atoms with Gasteiger partial charge in [-0.1, -0.05) is 0 Å². The summed E-state index contributed by atoms with van der Waals surface area (Å²) >= 11 is 0. The van der Waals surface area contributed by atoms with Crippen LogP contribution in [0.25, 0.3) is 0 Å². The number of nitrogens with one attached hydrogen (secondary N) is 1. The maximum atomic E-state index is 12.2. The van der Waals surface area contributed by atoms with Gasteiger partial charge in [-0.25, -0.2) is 0 Å². The van der Waals surface area contributed by atoms with Crippen molar-refractivity contribution in [2.75, 3.05) is 19.6 Å². The van der Waals surface area contributed by atoms with Crippen molar-refractivity contribution in [3.05, 3.63) is 0 Å². The molecule has 0 radical (unpaired) electrons. The van der Waals surface area contributed by atoms with Crippen LogP contribution >= 0.6 is 0 Å². The maximum Gasteiger partial charge on any atom is 0.240 e. The Balaban J connectivity index is 1.99. The van der Waals surface area contributed by atoms with E-state index in [2.05, 4.69) is 5.32 Å². The van der Waals surface area contributed by atoms with Crippen molar-refractivity contribution in [3.63, 3.8) is 0 Å². The van der Waals surface area contributed by atoms with Gasteiger partial charge in [-0.15, -0.1) is 0 Å². The fourth-order valence-electron chi connectivity index (χ4n) is 2.62. The van der Waals surface area contributed by atoms with Crippen LogP contribution in [0.3, 0.4) is 0 Å². The molecule has 0 aromatic heterocycles. The highest BCUT2D eigenvalue weighted by molar-refractivity contribution is 5.88. The third-order valence-electron chi connectivity index (χ3n) is 3.51. The first kappa shape index (κ1) is 11.4. The lowest BCUT2D eigenvalue weighted by Crippen LogP contribution is -2.48. The van der Waals surface area contributed by atoms with E-state index in [0.717, 1.165) is 38.8 Å². The minimum absolute atomic E-state index is 0.0358. The van der Waals surface area contributed by atoms with Crippen LogP contribution in [0, 0.1) is 5.92 Å². The molecule has 2 atom stereocenters. The molecule has 0 bridgehead atoms. The minimum atomic E-state index is -0.366. The van der Waals surface area contributed by atoms with E-state index >= 15 is 0 Å². The van der Waals surface area contributed by atoms with Crippen molar-refractivity contribution in [3.8, 4) is 0 Å². The highest BCUT2D eigenvalue weighted by atomic mass is 16.2. The number of piperidine rings is 1. The molecule has 5 heteroatoms. The number of nitrogens with zero attached hydrogens (tertiary/aromatic N) is 1. The van der Waals surface area contributed by atoms with Crippen LogP contribution in [0.5, 0.6) is 0 Å². The van der Waals surface area contributed by atoms with Gasteiger partial charge in [-0.2, -0.15) is 0 Å². The summed E-state index contributed by atoms with van der Waals surface area (Å²) in [6.45, 7) is 2.41. The van der Waals surface area contributed by atoms with Gasteiger partial charge in [-0.05, 0) is 32.2 Å². The summed E-state index contributed by atoms with van der Waals surface area (Å²) in [5.74, 6) is -0.225. The molecule has 2 saturated heterocycles. The van der Waals surface area contributed by atoms with Crippen molar-refractivity contribution < 1.29 is 9.59 Å². The van der Waals surface area contributed by atoms with Crippen LogP contribution in [-0.4, -0.2) is 42.4 Å². The third-order valence-corrected chi connectivity index (χ3v) is 3.51. The second-order valence-corrected chi connectivity index (χ2v) is 4.64. The number of carbonyl (C=O) groups is 2. The quantitative estimate of drug-likeness (QED) is 0.663. The lowest BCUT2D eigenvalue weighted by Gasteiger charge is -2.29. The number of likely N-dealkylation sites (tertiary alicyclic amines) is 1. The zero-order chi connectivity index (χ0) is 11.5. The molecule has 2 rings (SSSR count). The number of carbonyl (C=O) groups excluding carboxylic acids is 2. The predicted octanol–water partition coefficient (Wildman–Crippen LogP) is -0.538. The summed E-state index contributed by atoms with van der Waals surface area (Å²) in [5.41, 5.74) is 5.31. The van der Waals surface area contributed by atoms with Gasteiger partial charge in [0, 0.05) is 13.1 Å². The minimum Gasteiger partial charge on any atom is -0.368 e. The van der Waals surface area contributed by atoms with Crippen LogP contribution in [0.15, 0.2) is 0 Å². The van der Waals surface area contributed by atoms with Crippen molar-refractivity contribution in [2.45, 2.75) is 31.7 Å². The summed E-state index contributed by atoms with van der Waals surface area (Å²) in [6.07, 6.45) is 3.57. The topological polar surface area (TPSA) is 75.4 Å². The van der Waals surface area contributed by atoms with Crippen LogP contribution in [0.4, 0.5) is 0 Å². The average Bonchev–Trinajstić information content (AvgIpc) is 2.78. The van der Waals surface area contributed by atoms with Gasteiger partial charge >= 0.3 is 0 Å². The molecule has 0 aliphatic carbocycles. The summed E-state index contributed by atoms with van der Waals surface area (Å²) in [6, 6.07) is -0.366. The molecule has 2 amide bonds. The third kappa shape index (κ3) is 2.19. The Kier molecular flexibility index (Phi) is 3.43. The molecule has 2 fully saturated rings. The second kappa shape index (κ2) is 4.82. The molecule has 0 spiro atoms. The second-order valence-electron chi connectivity index (χ2n) is 4.64. The van der Waals surface area contributed by atoms with Gasteiger partial charge in [0.1, 0.15) is 6.04 Å². The molecular formula is C11H19N3O2. The van der Waals surface area contributed by atoms with E-state index in [1.807, 2.05) is 0 Å². The molecule has 0 saturated carbocycles. The van der Waals surface area contributed by atoms with Crippen LogP contribution in [0.1, 0.15) is 25.7 Å². The van der Waals surface area contributed by atoms with E-state index < -0.39 is 0 Å². The average molecular weight is 225 g/mol. The van der Waals surface area contributed by atoms with Crippen LogP contribution in [-0.2, 0) is 9.59 Å². The highest BCUT2D eigenvalue weighted by Gasteiger charge is 2.36. The van der Waals surface area contributed by atoms with E-state index in [1.165, 1.54) is 0 Å². The normalized spacial score (nSPS) is 30.4. The van der Waals surface area contributed by atoms with Gasteiger partial charge in [0.15, 0.2) is 0 Å². The van der Waals surface area contributed by atoms with E-state index in [0.29, 0.717) is 6.54 Å². The Morgan fingerprint density at radius 1 is 1.25 bits per heavy atom. The van der Waals surface area contributed by atoms with Crippen molar-refractivity contribution in [2.24, 2.45) is 11.7 Å². The Bertz CT molecular complexity index is 287. The van der Waals surface area contributed by atoms with Crippen molar-refractivity contribution in [1.29, 1.82) is 0 Å². The SMILES string of the molecule is NC(=O)[C@H]1CCCN1C(=O)[C@H]1CCCNC1. The fraction of sp³-hybridized carbons (Fsp3) is 0.818. The molecule has 0 aromatic carbocycles. The molecule has 2 heterocycles. The van der Waals surface area contributed by atoms with Gasteiger partial charge < -0.3 is 16.0 Å². The standard InChI is InChI=1S/C11H19N3O2/c12-10(15)9-4-2-6-14(9)11(16)8-3-1-5-13-7-8/h8-9,13H,1-7H2,(H2,12,15)/t8-,9+/m0/s1. The van der Waals surface area contributed by atoms with Gasteiger partial charge in [0.05, 0.1) is 5.92 Å². The summed E-state index contributed by atoms with van der Waals surface area (Å²) in [7, 11) is 0. The molecule has 2 aliphatic rings. The van der Waals surface area contributed by atoms with E-state index in [9.17, 15) is 9.59 Å². The van der Waals surface area contributed by atoms with E-state index in [-0.39, 0.29) is 23.8 Å². The number of rotatable bonds is 2. The van der Waals surface area contributed by atoms with Gasteiger partial charge in [0.25, 0.3) is 0 Å². The zero-order valence-corrected chi connectivity index (χ0v) is 9.45. The molecule has 16 heavy (non-hydrogen) atoms. The summed E-state index contributed by atoms with van der Waals surface area (Å²) in [5, 5.41) is 3.22. The van der Waals surface area contributed by atoms with Gasteiger partial charge in [-0.3, -0.25) is 9.59 Å². The number of nitrogens with two attached hydrogens (primary N) is 1. The molecule has 0 unspecified atom stereocenters. The molecular weight excluding hydrogens is 206 g/mol. The Morgan fingerprint density at radius 3 is 2.69 bits per heavy atom. The lowest BCUT2D eigenvalue weighted by molar-refractivity contribution is -0.141. The van der Waals surface area contributed by atoms with E-state index in [1.54, 1.807) is 4.90 Å². The van der Waals surface area contributed by atoms with E-state index in [4.69, 9.17) is 5.73 Å². The van der Waals surface area contributed by atoms with Crippen molar-refractivity contribution in [1.82, 2.24) is 10.2 Å². The highest BCUT2D eigenvalue weighted by Crippen LogP contribution is 2.22. The first-order valence-corrected chi connectivity index (χ1v) is 6.00. The monoisotopic (exact) mass is 225 g/mol. The summed E-state index contributed by atoms with van der Waals surface area (Å²) < 4.78 is 0. The van der Waals surface area contributed by atoms with Crippen molar-refractivity contribution >= 4 is 11.8 Å².